The van der Waals surface area contributed by atoms with Crippen molar-refractivity contribution >= 4 is 0 Å². The molecule has 0 spiro atoms. The maximum atomic E-state index is 9.34. The van der Waals surface area contributed by atoms with Gasteiger partial charge in [-0.1, -0.05) is 27.7 Å². The van der Waals surface area contributed by atoms with E-state index in [1.54, 1.807) is 0 Å². The molecule has 0 radical (unpaired) electrons. The summed E-state index contributed by atoms with van der Waals surface area (Å²) >= 11 is 0. The minimum atomic E-state index is 0.290. The highest BCUT2D eigenvalue weighted by Gasteiger charge is 2.27. The van der Waals surface area contributed by atoms with Gasteiger partial charge in [0.2, 0.25) is 0 Å². The summed E-state index contributed by atoms with van der Waals surface area (Å²) in [5.41, 5.74) is 0. The quantitative estimate of drug-likeness (QED) is 0.710. The molecule has 0 aliphatic rings. The van der Waals surface area contributed by atoms with Gasteiger partial charge in [-0.25, -0.2) is 0 Å². The molecular formula is C11H25NO. The van der Waals surface area contributed by atoms with Crippen LogP contribution in [0.2, 0.25) is 0 Å². The van der Waals surface area contributed by atoms with Gasteiger partial charge in [-0.3, -0.25) is 0 Å². The van der Waals surface area contributed by atoms with E-state index in [0.717, 1.165) is 0 Å². The number of hydrogen-bond donors (Lipinski definition) is 1. The summed E-state index contributed by atoms with van der Waals surface area (Å²) in [6.45, 7) is 9.09. The Morgan fingerprint density at radius 1 is 1.00 bits per heavy atom. The lowest BCUT2D eigenvalue weighted by Gasteiger charge is -2.36. The summed E-state index contributed by atoms with van der Waals surface area (Å²) in [6, 6.07) is 0.477. The first kappa shape index (κ1) is 12.9. The van der Waals surface area contributed by atoms with Gasteiger partial charge in [-0.2, -0.15) is 0 Å². The molecule has 0 aromatic heterocycles. The number of aliphatic hydroxyl groups is 1. The Morgan fingerprint density at radius 3 is 1.54 bits per heavy atom. The molecule has 0 aromatic carbocycles. The predicted octanol–water partition coefficient (Wildman–Crippen LogP) is 1.84. The topological polar surface area (TPSA) is 23.5 Å². The van der Waals surface area contributed by atoms with E-state index in [1.807, 2.05) is 0 Å². The second-order valence-corrected chi connectivity index (χ2v) is 4.79. The SMILES string of the molecule is CC(C)C(CO)C(C(C)C)N(C)C. The van der Waals surface area contributed by atoms with E-state index >= 15 is 0 Å². The summed E-state index contributed by atoms with van der Waals surface area (Å²) in [7, 11) is 4.19. The fraction of sp³-hybridized carbons (Fsp3) is 1.00. The van der Waals surface area contributed by atoms with Crippen molar-refractivity contribution in [1.29, 1.82) is 0 Å². The van der Waals surface area contributed by atoms with Crippen LogP contribution in [-0.4, -0.2) is 36.8 Å². The smallest absolute Gasteiger partial charge is 0.0476 e. The maximum Gasteiger partial charge on any atom is 0.0476 e. The number of rotatable bonds is 5. The molecule has 80 valence electrons. The lowest BCUT2D eigenvalue weighted by atomic mass is 9.82. The Bertz CT molecular complexity index is 124. The highest BCUT2D eigenvalue weighted by atomic mass is 16.3. The summed E-state index contributed by atoms with van der Waals surface area (Å²) < 4.78 is 0. The van der Waals surface area contributed by atoms with Crippen molar-refractivity contribution in [2.24, 2.45) is 17.8 Å². The molecule has 1 N–H and O–H groups in total. The Balaban J connectivity index is 4.49. The molecule has 0 saturated carbocycles. The first-order chi connectivity index (χ1) is 5.91. The van der Waals surface area contributed by atoms with Gasteiger partial charge < -0.3 is 10.0 Å². The Hall–Kier alpha value is -0.0800. The largest absolute Gasteiger partial charge is 0.396 e. The minimum Gasteiger partial charge on any atom is -0.396 e. The van der Waals surface area contributed by atoms with Crippen molar-refractivity contribution in [3.8, 4) is 0 Å². The van der Waals surface area contributed by atoms with E-state index in [4.69, 9.17) is 0 Å². The van der Waals surface area contributed by atoms with Crippen LogP contribution in [0.4, 0.5) is 0 Å². The van der Waals surface area contributed by atoms with Crippen LogP contribution >= 0.6 is 0 Å². The zero-order valence-electron chi connectivity index (χ0n) is 9.91. The minimum absolute atomic E-state index is 0.290. The fourth-order valence-electron chi connectivity index (χ4n) is 2.19. The highest BCUT2D eigenvalue weighted by Crippen LogP contribution is 2.23. The summed E-state index contributed by atoms with van der Waals surface area (Å²) in [5, 5.41) is 9.34. The van der Waals surface area contributed by atoms with Crippen LogP contribution in [0.25, 0.3) is 0 Å². The molecule has 0 amide bonds. The molecule has 2 heteroatoms. The molecule has 2 nitrogen and oxygen atoms in total. The zero-order chi connectivity index (χ0) is 10.6. The van der Waals surface area contributed by atoms with E-state index < -0.39 is 0 Å². The second kappa shape index (κ2) is 5.61. The first-order valence-corrected chi connectivity index (χ1v) is 5.19. The molecule has 0 aromatic rings. The number of hydrogen-bond acceptors (Lipinski definition) is 2. The van der Waals surface area contributed by atoms with E-state index in [0.29, 0.717) is 30.4 Å². The molecular weight excluding hydrogens is 162 g/mol. The maximum absolute atomic E-state index is 9.34. The lowest BCUT2D eigenvalue weighted by molar-refractivity contribution is 0.0730. The van der Waals surface area contributed by atoms with Gasteiger partial charge in [0.1, 0.15) is 0 Å². The summed E-state index contributed by atoms with van der Waals surface area (Å²) in [6.07, 6.45) is 0. The van der Waals surface area contributed by atoms with Gasteiger partial charge in [-0.05, 0) is 25.9 Å². The van der Waals surface area contributed by atoms with Crippen LogP contribution in [0.5, 0.6) is 0 Å². The van der Waals surface area contributed by atoms with Gasteiger partial charge in [-0.15, -0.1) is 0 Å². The van der Waals surface area contributed by atoms with Crippen LogP contribution in [0.15, 0.2) is 0 Å². The zero-order valence-corrected chi connectivity index (χ0v) is 9.91. The molecule has 0 rings (SSSR count). The highest BCUT2D eigenvalue weighted by molar-refractivity contribution is 4.80. The Kier molecular flexibility index (Phi) is 5.57. The molecule has 2 unspecified atom stereocenters. The van der Waals surface area contributed by atoms with Crippen molar-refractivity contribution in [2.75, 3.05) is 20.7 Å². The van der Waals surface area contributed by atoms with Crippen LogP contribution in [0, 0.1) is 17.8 Å². The van der Waals surface area contributed by atoms with Crippen LogP contribution in [-0.2, 0) is 0 Å². The first-order valence-electron chi connectivity index (χ1n) is 5.19. The third-order valence-electron chi connectivity index (χ3n) is 2.79. The van der Waals surface area contributed by atoms with Crippen LogP contribution < -0.4 is 0 Å². The summed E-state index contributed by atoms with van der Waals surface area (Å²) in [5.74, 6) is 1.52. The third kappa shape index (κ3) is 3.65. The molecule has 0 fully saturated rings. The second-order valence-electron chi connectivity index (χ2n) is 4.79. The van der Waals surface area contributed by atoms with Crippen molar-refractivity contribution in [1.82, 2.24) is 4.90 Å². The Morgan fingerprint density at radius 2 is 1.46 bits per heavy atom. The van der Waals surface area contributed by atoms with E-state index in [-0.39, 0.29) is 0 Å². The molecule has 13 heavy (non-hydrogen) atoms. The molecule has 0 heterocycles. The summed E-state index contributed by atoms with van der Waals surface area (Å²) in [4.78, 5) is 2.23. The molecule has 2 atom stereocenters. The predicted molar refractivity (Wildman–Crippen MR) is 57.7 cm³/mol. The molecule has 0 bridgehead atoms. The molecule has 0 aliphatic carbocycles. The lowest BCUT2D eigenvalue weighted by Crippen LogP contribution is -2.43. The molecule has 0 saturated heterocycles. The van der Waals surface area contributed by atoms with Gasteiger partial charge in [0.15, 0.2) is 0 Å². The van der Waals surface area contributed by atoms with Gasteiger partial charge in [0.05, 0.1) is 0 Å². The number of aliphatic hydroxyl groups excluding tert-OH is 1. The van der Waals surface area contributed by atoms with Gasteiger partial charge >= 0.3 is 0 Å². The normalized spacial score (nSPS) is 17.1. The van der Waals surface area contributed by atoms with E-state index in [1.165, 1.54) is 0 Å². The van der Waals surface area contributed by atoms with Gasteiger partial charge in [0.25, 0.3) is 0 Å². The fourth-order valence-corrected chi connectivity index (χ4v) is 2.19. The van der Waals surface area contributed by atoms with Crippen molar-refractivity contribution in [2.45, 2.75) is 33.7 Å². The Labute approximate surface area is 82.9 Å². The van der Waals surface area contributed by atoms with Crippen molar-refractivity contribution < 1.29 is 5.11 Å². The van der Waals surface area contributed by atoms with Gasteiger partial charge in [0, 0.05) is 18.6 Å². The monoisotopic (exact) mass is 187 g/mol. The van der Waals surface area contributed by atoms with Crippen molar-refractivity contribution in [3.05, 3.63) is 0 Å². The van der Waals surface area contributed by atoms with Crippen LogP contribution in [0.3, 0.4) is 0 Å². The standard InChI is InChI=1S/C11H25NO/c1-8(2)10(7-13)11(9(3)4)12(5)6/h8-11,13H,7H2,1-6H3. The van der Waals surface area contributed by atoms with E-state index in [9.17, 15) is 5.11 Å². The average Bonchev–Trinajstić information content (AvgIpc) is 1.97. The van der Waals surface area contributed by atoms with E-state index in [2.05, 4.69) is 46.7 Å². The average molecular weight is 187 g/mol. The van der Waals surface area contributed by atoms with Crippen molar-refractivity contribution in [3.63, 3.8) is 0 Å². The number of nitrogens with zero attached hydrogens (tertiary/aromatic N) is 1. The third-order valence-corrected chi connectivity index (χ3v) is 2.79. The molecule has 0 aliphatic heterocycles. The van der Waals surface area contributed by atoms with Crippen LogP contribution in [0.1, 0.15) is 27.7 Å².